The third-order valence-corrected chi connectivity index (χ3v) is 8.12. The van der Waals surface area contributed by atoms with E-state index < -0.39 is 11.8 Å². The molecular weight excluding hydrogens is 611 g/mol. The summed E-state index contributed by atoms with van der Waals surface area (Å²) in [5.74, 6) is 0.704. The molecular formula is C38H35N3O5S. The molecule has 238 valence electrons. The number of nitrogens with one attached hydrogen (secondary N) is 3. The Hall–Kier alpha value is -5.54. The molecule has 0 radical (unpaired) electrons. The van der Waals surface area contributed by atoms with Crippen molar-refractivity contribution in [1.82, 2.24) is 5.32 Å². The van der Waals surface area contributed by atoms with E-state index in [1.54, 1.807) is 54.6 Å². The minimum Gasteiger partial charge on any atom is -0.494 e. The maximum absolute atomic E-state index is 13.5. The zero-order chi connectivity index (χ0) is 33.2. The van der Waals surface area contributed by atoms with Gasteiger partial charge in [0.15, 0.2) is 0 Å². The number of anilines is 2. The number of carbonyl (C=O) groups is 3. The van der Waals surface area contributed by atoms with Crippen LogP contribution in [-0.4, -0.2) is 29.6 Å². The van der Waals surface area contributed by atoms with E-state index >= 15 is 0 Å². The minimum atomic E-state index is -0.522. The number of carbonyl (C=O) groups excluding carboxylic acids is 3. The van der Waals surface area contributed by atoms with Crippen molar-refractivity contribution in [1.29, 1.82) is 0 Å². The van der Waals surface area contributed by atoms with Gasteiger partial charge in [-0.05, 0) is 93.6 Å². The van der Waals surface area contributed by atoms with E-state index in [2.05, 4.69) is 16.0 Å². The lowest BCUT2D eigenvalue weighted by Gasteiger charge is -2.14. The third-order valence-electron chi connectivity index (χ3n) is 7.01. The molecule has 9 heteroatoms. The number of hydrogen-bond acceptors (Lipinski definition) is 6. The Kier molecular flexibility index (Phi) is 10.9. The molecule has 1 heterocycles. The lowest BCUT2D eigenvalue weighted by atomic mass is 10.1. The molecule has 3 N–H and O–H groups in total. The second-order valence-corrected chi connectivity index (χ2v) is 12.0. The van der Waals surface area contributed by atoms with Crippen LogP contribution in [0.1, 0.15) is 35.5 Å². The van der Waals surface area contributed by atoms with Crippen molar-refractivity contribution in [2.45, 2.75) is 30.9 Å². The van der Waals surface area contributed by atoms with Crippen molar-refractivity contribution in [3.63, 3.8) is 0 Å². The molecule has 0 aliphatic rings. The monoisotopic (exact) mass is 645 g/mol. The number of amides is 3. The number of aryl methyl sites for hydroxylation is 1. The van der Waals surface area contributed by atoms with E-state index in [0.717, 1.165) is 21.8 Å². The minimum absolute atomic E-state index is 0.0155. The third kappa shape index (κ3) is 9.24. The molecule has 0 spiro atoms. The maximum Gasteiger partial charge on any atom is 0.272 e. The quantitative estimate of drug-likeness (QED) is 0.0933. The van der Waals surface area contributed by atoms with Crippen molar-refractivity contribution >= 4 is 46.9 Å². The molecule has 1 atom stereocenters. The Morgan fingerprint density at radius 2 is 1.47 bits per heavy atom. The lowest BCUT2D eigenvalue weighted by Crippen LogP contribution is -2.30. The average Bonchev–Trinajstić information content (AvgIpc) is 3.55. The first kappa shape index (κ1) is 32.8. The molecule has 5 aromatic rings. The van der Waals surface area contributed by atoms with Gasteiger partial charge in [0.2, 0.25) is 5.91 Å². The van der Waals surface area contributed by atoms with Crippen LogP contribution in [0.25, 0.3) is 17.4 Å². The summed E-state index contributed by atoms with van der Waals surface area (Å²) in [5, 5.41) is 8.13. The highest BCUT2D eigenvalue weighted by Gasteiger charge is 2.18. The average molecular weight is 646 g/mol. The molecule has 0 aliphatic carbocycles. The molecule has 0 saturated carbocycles. The largest absolute Gasteiger partial charge is 0.494 e. The van der Waals surface area contributed by atoms with E-state index in [1.807, 2.05) is 81.4 Å². The maximum atomic E-state index is 13.5. The van der Waals surface area contributed by atoms with E-state index in [4.69, 9.17) is 9.15 Å². The van der Waals surface area contributed by atoms with Gasteiger partial charge in [0, 0.05) is 33.5 Å². The second-order valence-electron chi connectivity index (χ2n) is 10.6. The van der Waals surface area contributed by atoms with E-state index in [1.165, 1.54) is 17.8 Å². The number of ether oxygens (including phenoxy) is 1. The van der Waals surface area contributed by atoms with Gasteiger partial charge in [-0.3, -0.25) is 14.4 Å². The molecule has 0 aliphatic heterocycles. The Bertz CT molecular complexity index is 1850. The number of thioether (sulfide) groups is 1. The van der Waals surface area contributed by atoms with Crippen LogP contribution in [0.15, 0.2) is 130 Å². The van der Waals surface area contributed by atoms with Crippen molar-refractivity contribution in [2.24, 2.45) is 0 Å². The van der Waals surface area contributed by atoms with Crippen LogP contribution < -0.4 is 20.7 Å². The van der Waals surface area contributed by atoms with Crippen LogP contribution in [0.5, 0.6) is 5.75 Å². The van der Waals surface area contributed by atoms with Crippen molar-refractivity contribution in [2.75, 3.05) is 17.2 Å². The highest BCUT2D eigenvalue weighted by atomic mass is 32.2. The highest BCUT2D eigenvalue weighted by Crippen LogP contribution is 2.27. The van der Waals surface area contributed by atoms with Gasteiger partial charge in [0.05, 0.1) is 11.9 Å². The first-order valence-corrected chi connectivity index (χ1v) is 16.0. The smallest absolute Gasteiger partial charge is 0.272 e. The fourth-order valence-electron chi connectivity index (χ4n) is 4.51. The zero-order valence-electron chi connectivity index (χ0n) is 26.3. The molecule has 5 rings (SSSR count). The van der Waals surface area contributed by atoms with Crippen molar-refractivity contribution in [3.8, 4) is 17.1 Å². The normalized spacial score (nSPS) is 11.8. The number of rotatable bonds is 12. The summed E-state index contributed by atoms with van der Waals surface area (Å²) in [4.78, 5) is 40.1. The van der Waals surface area contributed by atoms with Crippen molar-refractivity contribution in [3.05, 3.63) is 138 Å². The van der Waals surface area contributed by atoms with Gasteiger partial charge in [-0.2, -0.15) is 0 Å². The number of hydrogen-bond donors (Lipinski definition) is 3. The Morgan fingerprint density at radius 1 is 0.809 bits per heavy atom. The van der Waals surface area contributed by atoms with Crippen LogP contribution in [0, 0.1) is 6.92 Å². The summed E-state index contributed by atoms with van der Waals surface area (Å²) < 4.78 is 11.5. The fourth-order valence-corrected chi connectivity index (χ4v) is 5.37. The molecule has 1 aromatic heterocycles. The predicted molar refractivity (Wildman–Crippen MR) is 187 cm³/mol. The van der Waals surface area contributed by atoms with Crippen LogP contribution in [-0.2, 0) is 9.59 Å². The second kappa shape index (κ2) is 15.6. The topological polar surface area (TPSA) is 110 Å². The van der Waals surface area contributed by atoms with Gasteiger partial charge in [-0.1, -0.05) is 48.0 Å². The highest BCUT2D eigenvalue weighted by molar-refractivity contribution is 8.00. The standard InChI is InChI=1S/C38H35N3O5S/c1-4-45-31-18-14-29(15-19-31)39-36(42)26(3)47-33-21-16-30(17-22-33)40-38(44)34(41-37(43)28-8-6-5-7-9-28)24-32-20-23-35(46-32)27-12-10-25(2)11-13-27/h5-24,26H,4H2,1-3H3,(H,39,42)(H,40,44)(H,41,43)/b34-24-. The van der Waals surface area contributed by atoms with Crippen molar-refractivity contribution < 1.29 is 23.5 Å². The molecule has 0 bridgehead atoms. The van der Waals surface area contributed by atoms with Crippen LogP contribution in [0.4, 0.5) is 11.4 Å². The van der Waals surface area contributed by atoms with E-state index in [0.29, 0.717) is 35.1 Å². The summed E-state index contributed by atoms with van der Waals surface area (Å²) in [6, 6.07) is 34.5. The molecule has 3 amide bonds. The molecule has 47 heavy (non-hydrogen) atoms. The van der Waals surface area contributed by atoms with Gasteiger partial charge in [-0.15, -0.1) is 11.8 Å². The first-order valence-electron chi connectivity index (χ1n) is 15.1. The number of benzene rings is 4. The zero-order valence-corrected chi connectivity index (χ0v) is 27.1. The van der Waals surface area contributed by atoms with E-state index in [-0.39, 0.29) is 16.9 Å². The summed E-state index contributed by atoms with van der Waals surface area (Å²) in [5.41, 5.74) is 3.67. The van der Waals surface area contributed by atoms with Gasteiger partial charge < -0.3 is 25.1 Å². The van der Waals surface area contributed by atoms with Gasteiger partial charge in [-0.25, -0.2) is 0 Å². The molecule has 8 nitrogen and oxygen atoms in total. The summed E-state index contributed by atoms with van der Waals surface area (Å²) in [7, 11) is 0. The fraction of sp³-hybridized carbons (Fsp3) is 0.132. The van der Waals surface area contributed by atoms with Crippen LogP contribution in [0.2, 0.25) is 0 Å². The number of furan rings is 1. The molecule has 0 fully saturated rings. The first-order chi connectivity index (χ1) is 22.8. The summed E-state index contributed by atoms with van der Waals surface area (Å²) >= 11 is 1.39. The summed E-state index contributed by atoms with van der Waals surface area (Å²) in [6.07, 6.45) is 1.50. The molecule has 0 saturated heterocycles. The molecule has 1 unspecified atom stereocenters. The van der Waals surface area contributed by atoms with Gasteiger partial charge in [0.25, 0.3) is 11.8 Å². The molecule has 4 aromatic carbocycles. The Morgan fingerprint density at radius 3 is 2.15 bits per heavy atom. The Balaban J connectivity index is 1.25. The van der Waals surface area contributed by atoms with Gasteiger partial charge >= 0.3 is 0 Å². The van der Waals surface area contributed by atoms with Gasteiger partial charge in [0.1, 0.15) is 23.0 Å². The summed E-state index contributed by atoms with van der Waals surface area (Å²) in [6.45, 7) is 6.33. The van der Waals surface area contributed by atoms with Crippen LogP contribution in [0.3, 0.4) is 0 Å². The predicted octanol–water partition coefficient (Wildman–Crippen LogP) is 8.18. The van der Waals surface area contributed by atoms with E-state index in [9.17, 15) is 14.4 Å². The lowest BCUT2D eigenvalue weighted by molar-refractivity contribution is -0.115. The Labute approximate surface area is 278 Å². The SMILES string of the molecule is CCOc1ccc(NC(=O)C(C)Sc2ccc(NC(=O)/C(=C/c3ccc(-c4ccc(C)cc4)o3)NC(=O)c3ccccc3)cc2)cc1. The van der Waals surface area contributed by atoms with Crippen LogP contribution >= 0.6 is 11.8 Å².